The minimum atomic E-state index is -2.57. The first-order valence-electron chi connectivity index (χ1n) is 3.40. The number of halogens is 2. The van der Waals surface area contributed by atoms with Gasteiger partial charge in [0.2, 0.25) is 5.92 Å². The molecular formula is C6H12F2N2. The molecule has 0 saturated heterocycles. The fraction of sp³-hybridized carbons (Fsp3) is 1.00. The molecule has 0 amide bonds. The highest BCUT2D eigenvalue weighted by atomic mass is 19.3. The quantitative estimate of drug-likeness (QED) is 0.527. The van der Waals surface area contributed by atoms with Gasteiger partial charge in [-0.3, -0.25) is 0 Å². The van der Waals surface area contributed by atoms with Crippen LogP contribution in [-0.2, 0) is 0 Å². The molecule has 4 N–H and O–H groups in total. The summed E-state index contributed by atoms with van der Waals surface area (Å²) in [6, 6.07) is -0.761. The second-order valence-corrected chi connectivity index (χ2v) is 2.93. The van der Waals surface area contributed by atoms with Crippen molar-refractivity contribution in [2.45, 2.75) is 37.3 Å². The standard InChI is InChI=1S/C6H12F2N2/c7-6(8)2-1-4(9)5(10)3-6/h4-5H,1-3,9-10H2/t4-,5?/m0/s1. The summed E-state index contributed by atoms with van der Waals surface area (Å²) in [6.07, 6.45) is -0.0236. The molecule has 0 aromatic heterocycles. The van der Waals surface area contributed by atoms with Crippen LogP contribution < -0.4 is 11.5 Å². The summed E-state index contributed by atoms with van der Waals surface area (Å²) in [7, 11) is 0. The third kappa shape index (κ3) is 1.64. The van der Waals surface area contributed by atoms with Crippen molar-refractivity contribution in [2.24, 2.45) is 11.5 Å². The monoisotopic (exact) mass is 150 g/mol. The molecule has 1 aliphatic rings. The van der Waals surface area contributed by atoms with E-state index in [-0.39, 0.29) is 18.9 Å². The van der Waals surface area contributed by atoms with Gasteiger partial charge >= 0.3 is 0 Å². The van der Waals surface area contributed by atoms with Gasteiger partial charge in [-0.15, -0.1) is 0 Å². The predicted molar refractivity (Wildman–Crippen MR) is 34.7 cm³/mol. The molecule has 60 valence electrons. The van der Waals surface area contributed by atoms with Gasteiger partial charge < -0.3 is 11.5 Å². The first-order valence-corrected chi connectivity index (χ1v) is 3.40. The Morgan fingerprint density at radius 3 is 2.20 bits per heavy atom. The van der Waals surface area contributed by atoms with Crippen molar-refractivity contribution in [2.75, 3.05) is 0 Å². The lowest BCUT2D eigenvalue weighted by atomic mass is 9.89. The van der Waals surface area contributed by atoms with Gasteiger partial charge in [0, 0.05) is 24.9 Å². The van der Waals surface area contributed by atoms with Gasteiger partial charge in [-0.05, 0) is 6.42 Å². The molecule has 10 heavy (non-hydrogen) atoms. The van der Waals surface area contributed by atoms with E-state index >= 15 is 0 Å². The van der Waals surface area contributed by atoms with Crippen LogP contribution in [0.25, 0.3) is 0 Å². The Labute approximate surface area is 58.6 Å². The maximum atomic E-state index is 12.5. The highest BCUT2D eigenvalue weighted by molar-refractivity contribution is 4.88. The van der Waals surface area contributed by atoms with Crippen LogP contribution in [0.1, 0.15) is 19.3 Å². The van der Waals surface area contributed by atoms with Crippen molar-refractivity contribution < 1.29 is 8.78 Å². The molecule has 1 unspecified atom stereocenters. The van der Waals surface area contributed by atoms with Gasteiger partial charge in [-0.1, -0.05) is 0 Å². The van der Waals surface area contributed by atoms with Gasteiger partial charge in [-0.25, -0.2) is 8.78 Å². The van der Waals surface area contributed by atoms with Crippen LogP contribution in [0, 0.1) is 0 Å². The zero-order chi connectivity index (χ0) is 7.78. The Balaban J connectivity index is 2.49. The van der Waals surface area contributed by atoms with E-state index in [0.717, 1.165) is 0 Å². The summed E-state index contributed by atoms with van der Waals surface area (Å²) in [4.78, 5) is 0. The number of nitrogens with two attached hydrogens (primary N) is 2. The lowest BCUT2D eigenvalue weighted by Gasteiger charge is -2.31. The van der Waals surface area contributed by atoms with E-state index in [1.54, 1.807) is 0 Å². The van der Waals surface area contributed by atoms with Gasteiger partial charge in [0.1, 0.15) is 0 Å². The molecule has 0 aromatic rings. The maximum absolute atomic E-state index is 12.5. The summed E-state index contributed by atoms with van der Waals surface area (Å²) in [5, 5.41) is 0. The molecule has 0 spiro atoms. The average molecular weight is 150 g/mol. The Morgan fingerprint density at radius 2 is 1.80 bits per heavy atom. The fourth-order valence-electron chi connectivity index (χ4n) is 1.19. The molecule has 2 atom stereocenters. The predicted octanol–water partition coefficient (Wildman–Crippen LogP) is 0.460. The van der Waals surface area contributed by atoms with Gasteiger partial charge in [0.25, 0.3) is 0 Å². The zero-order valence-corrected chi connectivity index (χ0v) is 5.69. The van der Waals surface area contributed by atoms with Crippen LogP contribution in [0.15, 0.2) is 0 Å². The third-order valence-corrected chi connectivity index (χ3v) is 1.93. The van der Waals surface area contributed by atoms with E-state index < -0.39 is 12.0 Å². The van der Waals surface area contributed by atoms with Crippen molar-refractivity contribution in [3.63, 3.8) is 0 Å². The summed E-state index contributed by atoms with van der Waals surface area (Å²) >= 11 is 0. The largest absolute Gasteiger partial charge is 0.326 e. The van der Waals surface area contributed by atoms with Crippen LogP contribution in [0.5, 0.6) is 0 Å². The van der Waals surface area contributed by atoms with E-state index in [1.807, 2.05) is 0 Å². The Hall–Kier alpha value is -0.220. The Kier molecular flexibility index (Phi) is 1.92. The molecule has 0 bridgehead atoms. The fourth-order valence-corrected chi connectivity index (χ4v) is 1.19. The SMILES string of the molecule is NC1CC(F)(F)CC[C@@H]1N. The molecule has 1 rings (SSSR count). The van der Waals surface area contributed by atoms with Crippen LogP contribution in [0.4, 0.5) is 8.78 Å². The lowest BCUT2D eigenvalue weighted by molar-refractivity contribution is -0.0439. The molecule has 1 aliphatic carbocycles. The second-order valence-electron chi connectivity index (χ2n) is 2.93. The number of rotatable bonds is 0. The molecule has 0 radical (unpaired) electrons. The lowest BCUT2D eigenvalue weighted by Crippen LogP contribution is -2.49. The Morgan fingerprint density at radius 1 is 1.20 bits per heavy atom. The minimum Gasteiger partial charge on any atom is -0.326 e. The topological polar surface area (TPSA) is 52.0 Å². The molecule has 4 heteroatoms. The molecule has 1 saturated carbocycles. The molecular weight excluding hydrogens is 138 g/mol. The van der Waals surface area contributed by atoms with Crippen LogP contribution in [0.3, 0.4) is 0 Å². The van der Waals surface area contributed by atoms with Crippen molar-refractivity contribution >= 4 is 0 Å². The Bertz CT molecular complexity index is 127. The zero-order valence-electron chi connectivity index (χ0n) is 5.69. The van der Waals surface area contributed by atoms with Crippen molar-refractivity contribution in [1.82, 2.24) is 0 Å². The normalized spacial score (nSPS) is 39.6. The first kappa shape index (κ1) is 7.88. The average Bonchev–Trinajstić information content (AvgIpc) is 1.79. The van der Waals surface area contributed by atoms with E-state index in [0.29, 0.717) is 6.42 Å². The van der Waals surface area contributed by atoms with Gasteiger partial charge in [-0.2, -0.15) is 0 Å². The summed E-state index contributed by atoms with van der Waals surface area (Å²) < 4.78 is 25.0. The third-order valence-electron chi connectivity index (χ3n) is 1.93. The van der Waals surface area contributed by atoms with Crippen molar-refractivity contribution in [1.29, 1.82) is 0 Å². The maximum Gasteiger partial charge on any atom is 0.249 e. The number of hydrogen-bond donors (Lipinski definition) is 2. The highest BCUT2D eigenvalue weighted by Crippen LogP contribution is 2.31. The van der Waals surface area contributed by atoms with Gasteiger partial charge in [0.15, 0.2) is 0 Å². The molecule has 0 heterocycles. The van der Waals surface area contributed by atoms with E-state index in [9.17, 15) is 8.78 Å². The van der Waals surface area contributed by atoms with Crippen molar-refractivity contribution in [3.05, 3.63) is 0 Å². The van der Waals surface area contributed by atoms with Crippen LogP contribution >= 0.6 is 0 Å². The first-order chi connectivity index (χ1) is 4.51. The molecule has 0 aromatic carbocycles. The van der Waals surface area contributed by atoms with E-state index in [1.165, 1.54) is 0 Å². The molecule has 0 aliphatic heterocycles. The number of hydrogen-bond acceptors (Lipinski definition) is 2. The smallest absolute Gasteiger partial charge is 0.249 e. The highest BCUT2D eigenvalue weighted by Gasteiger charge is 2.38. The van der Waals surface area contributed by atoms with Crippen LogP contribution in [0.2, 0.25) is 0 Å². The van der Waals surface area contributed by atoms with E-state index in [4.69, 9.17) is 11.5 Å². The summed E-state index contributed by atoms with van der Waals surface area (Å²) in [6.45, 7) is 0. The molecule has 1 fully saturated rings. The van der Waals surface area contributed by atoms with Crippen molar-refractivity contribution in [3.8, 4) is 0 Å². The minimum absolute atomic E-state index is 0.109. The van der Waals surface area contributed by atoms with Gasteiger partial charge in [0.05, 0.1) is 0 Å². The van der Waals surface area contributed by atoms with Crippen LogP contribution in [-0.4, -0.2) is 18.0 Å². The second kappa shape index (κ2) is 2.43. The summed E-state index contributed by atoms with van der Waals surface area (Å²) in [5.74, 6) is -2.57. The molecule has 2 nitrogen and oxygen atoms in total. The number of alkyl halides is 2. The summed E-state index contributed by atoms with van der Waals surface area (Å²) in [5.41, 5.74) is 10.8. The van der Waals surface area contributed by atoms with E-state index in [2.05, 4.69) is 0 Å².